The zero-order valence-corrected chi connectivity index (χ0v) is 8.08. The lowest BCUT2D eigenvalue weighted by Crippen LogP contribution is -2.21. The maximum Gasteiger partial charge on any atom is 0.356 e. The Morgan fingerprint density at radius 1 is 1.50 bits per heavy atom. The summed E-state index contributed by atoms with van der Waals surface area (Å²) in [7, 11) is 2.04. The van der Waals surface area contributed by atoms with Gasteiger partial charge >= 0.3 is 5.97 Å². The molecule has 0 radical (unpaired) electrons. The van der Waals surface area contributed by atoms with E-state index in [0.717, 1.165) is 37.2 Å². The van der Waals surface area contributed by atoms with Crippen LogP contribution in [0.1, 0.15) is 21.7 Å². The summed E-state index contributed by atoms with van der Waals surface area (Å²) in [5.74, 6) is -0.938. The van der Waals surface area contributed by atoms with Crippen molar-refractivity contribution in [1.29, 1.82) is 0 Å². The van der Waals surface area contributed by atoms with Gasteiger partial charge in [-0.25, -0.2) is 4.79 Å². The minimum Gasteiger partial charge on any atom is -0.476 e. The van der Waals surface area contributed by atoms with Gasteiger partial charge < -0.3 is 10.0 Å². The summed E-state index contributed by atoms with van der Waals surface area (Å²) >= 11 is 0. The lowest BCUT2D eigenvalue weighted by molar-refractivity contribution is 0.0689. The molecule has 2 heterocycles. The van der Waals surface area contributed by atoms with Gasteiger partial charge in [-0.1, -0.05) is 0 Å². The van der Waals surface area contributed by atoms with Crippen molar-refractivity contribution in [1.82, 2.24) is 15.1 Å². The first-order valence-corrected chi connectivity index (χ1v) is 4.66. The van der Waals surface area contributed by atoms with Crippen molar-refractivity contribution >= 4 is 5.97 Å². The molecule has 1 aromatic heterocycles. The zero-order valence-electron chi connectivity index (χ0n) is 8.08. The molecule has 14 heavy (non-hydrogen) atoms. The van der Waals surface area contributed by atoms with Crippen molar-refractivity contribution in [2.75, 3.05) is 20.1 Å². The Balaban J connectivity index is 2.33. The van der Waals surface area contributed by atoms with Crippen LogP contribution in [-0.4, -0.2) is 46.3 Å². The van der Waals surface area contributed by atoms with Gasteiger partial charge in [-0.15, -0.1) is 0 Å². The van der Waals surface area contributed by atoms with Crippen LogP contribution >= 0.6 is 0 Å². The number of carbonyl (C=O) groups is 1. The Morgan fingerprint density at radius 3 is 2.93 bits per heavy atom. The van der Waals surface area contributed by atoms with E-state index in [-0.39, 0.29) is 5.69 Å². The molecule has 0 spiro atoms. The summed E-state index contributed by atoms with van der Waals surface area (Å²) in [4.78, 5) is 13.0. The molecule has 0 saturated carbocycles. The fourth-order valence-electron chi connectivity index (χ4n) is 1.77. The number of aromatic amines is 1. The van der Waals surface area contributed by atoms with Crippen LogP contribution in [0.25, 0.3) is 0 Å². The van der Waals surface area contributed by atoms with E-state index in [2.05, 4.69) is 15.1 Å². The first kappa shape index (κ1) is 9.21. The predicted molar refractivity (Wildman–Crippen MR) is 50.5 cm³/mol. The number of rotatable bonds is 1. The fraction of sp³-hybridized carbons (Fsp3) is 0.556. The lowest BCUT2D eigenvalue weighted by Gasteiger charge is -2.11. The van der Waals surface area contributed by atoms with E-state index in [1.807, 2.05) is 7.05 Å². The number of nitrogens with one attached hydrogen (secondary N) is 1. The maximum atomic E-state index is 10.8. The van der Waals surface area contributed by atoms with E-state index in [1.165, 1.54) is 0 Å². The molecule has 0 amide bonds. The van der Waals surface area contributed by atoms with Gasteiger partial charge in [0.15, 0.2) is 5.69 Å². The molecule has 0 fully saturated rings. The number of hydrogen-bond donors (Lipinski definition) is 2. The molecule has 0 aromatic carbocycles. The first-order chi connectivity index (χ1) is 6.68. The van der Waals surface area contributed by atoms with Crippen LogP contribution in [-0.2, 0) is 12.8 Å². The Labute approximate surface area is 81.7 Å². The van der Waals surface area contributed by atoms with Crippen LogP contribution in [0.15, 0.2) is 0 Å². The second kappa shape index (κ2) is 3.42. The summed E-state index contributed by atoms with van der Waals surface area (Å²) in [6.45, 7) is 1.85. The maximum absolute atomic E-state index is 10.8. The minimum absolute atomic E-state index is 0.190. The van der Waals surface area contributed by atoms with Crippen LogP contribution < -0.4 is 0 Å². The zero-order chi connectivity index (χ0) is 10.1. The van der Waals surface area contributed by atoms with Gasteiger partial charge in [0.25, 0.3) is 0 Å². The molecule has 1 aliphatic rings. The largest absolute Gasteiger partial charge is 0.476 e. The highest BCUT2D eigenvalue weighted by Gasteiger charge is 2.21. The van der Waals surface area contributed by atoms with Gasteiger partial charge in [-0.3, -0.25) is 5.10 Å². The Morgan fingerprint density at radius 2 is 2.21 bits per heavy atom. The van der Waals surface area contributed by atoms with Gasteiger partial charge in [-0.05, 0) is 13.5 Å². The smallest absolute Gasteiger partial charge is 0.356 e. The second-order valence-corrected chi connectivity index (χ2v) is 3.64. The molecule has 0 aliphatic carbocycles. The summed E-state index contributed by atoms with van der Waals surface area (Å²) in [5, 5.41) is 15.5. The highest BCUT2D eigenvalue weighted by Crippen LogP contribution is 2.16. The Hall–Kier alpha value is -1.36. The normalized spacial score (nSPS) is 17.5. The Kier molecular flexibility index (Phi) is 2.25. The van der Waals surface area contributed by atoms with Crippen LogP contribution in [0.3, 0.4) is 0 Å². The lowest BCUT2D eigenvalue weighted by atomic mass is 10.1. The molecule has 0 unspecified atom stereocenters. The van der Waals surface area contributed by atoms with Crippen LogP contribution in [0, 0.1) is 0 Å². The first-order valence-electron chi connectivity index (χ1n) is 4.66. The van der Waals surface area contributed by atoms with Crippen molar-refractivity contribution in [2.24, 2.45) is 0 Å². The van der Waals surface area contributed by atoms with Gasteiger partial charge in [0.2, 0.25) is 0 Å². The van der Waals surface area contributed by atoms with Gasteiger partial charge in [0, 0.05) is 30.8 Å². The number of fused-ring (bicyclic) bond motifs is 1. The molecule has 2 rings (SSSR count). The van der Waals surface area contributed by atoms with Gasteiger partial charge in [0.05, 0.1) is 0 Å². The topological polar surface area (TPSA) is 69.2 Å². The average molecular weight is 195 g/mol. The fourth-order valence-corrected chi connectivity index (χ4v) is 1.77. The molecular formula is C9H13N3O2. The number of likely N-dealkylation sites (N-methyl/N-ethyl adjacent to an activating group) is 1. The number of H-pyrrole nitrogens is 1. The monoisotopic (exact) mass is 195 g/mol. The van der Waals surface area contributed by atoms with Crippen molar-refractivity contribution in [3.63, 3.8) is 0 Å². The quantitative estimate of drug-likeness (QED) is 0.668. The molecule has 5 heteroatoms. The number of carboxylic acids is 1. The van der Waals surface area contributed by atoms with Crippen molar-refractivity contribution in [3.8, 4) is 0 Å². The Bertz CT molecular complexity index is 359. The standard InChI is InChI=1S/C9H13N3O2/c1-12-4-2-6-7(3-5-12)10-11-8(6)9(13)14/h2-5H2,1H3,(H,10,11)(H,13,14). The van der Waals surface area contributed by atoms with E-state index in [9.17, 15) is 4.79 Å². The van der Waals surface area contributed by atoms with Gasteiger partial charge in [0.1, 0.15) is 0 Å². The summed E-state index contributed by atoms with van der Waals surface area (Å²) in [6.07, 6.45) is 1.62. The summed E-state index contributed by atoms with van der Waals surface area (Å²) < 4.78 is 0. The van der Waals surface area contributed by atoms with E-state index < -0.39 is 5.97 Å². The molecule has 0 bridgehead atoms. The molecule has 0 saturated heterocycles. The highest BCUT2D eigenvalue weighted by atomic mass is 16.4. The van der Waals surface area contributed by atoms with Crippen molar-refractivity contribution < 1.29 is 9.90 Å². The third-order valence-corrected chi connectivity index (χ3v) is 2.64. The molecule has 5 nitrogen and oxygen atoms in total. The average Bonchev–Trinajstić information content (AvgIpc) is 2.46. The van der Waals surface area contributed by atoms with Crippen LogP contribution in [0.2, 0.25) is 0 Å². The summed E-state index contributed by atoms with van der Waals surface area (Å²) in [5.41, 5.74) is 2.05. The van der Waals surface area contributed by atoms with Gasteiger partial charge in [-0.2, -0.15) is 5.10 Å². The number of aromatic nitrogens is 2. The molecule has 1 aliphatic heterocycles. The van der Waals surface area contributed by atoms with E-state index in [0.29, 0.717) is 0 Å². The number of aromatic carboxylic acids is 1. The summed E-state index contributed by atoms with van der Waals surface area (Å²) in [6, 6.07) is 0. The van der Waals surface area contributed by atoms with Crippen molar-refractivity contribution in [3.05, 3.63) is 17.0 Å². The number of hydrogen-bond acceptors (Lipinski definition) is 3. The third-order valence-electron chi connectivity index (χ3n) is 2.64. The predicted octanol–water partition coefficient (Wildman–Crippen LogP) is 0.138. The minimum atomic E-state index is -0.938. The molecule has 1 aromatic rings. The highest BCUT2D eigenvalue weighted by molar-refractivity contribution is 5.87. The molecular weight excluding hydrogens is 182 g/mol. The van der Waals surface area contributed by atoms with Crippen LogP contribution in [0.5, 0.6) is 0 Å². The second-order valence-electron chi connectivity index (χ2n) is 3.64. The van der Waals surface area contributed by atoms with E-state index >= 15 is 0 Å². The molecule has 76 valence electrons. The number of carboxylic acid groups (broad SMARTS) is 1. The third kappa shape index (κ3) is 1.50. The van der Waals surface area contributed by atoms with E-state index in [4.69, 9.17) is 5.11 Å². The SMILES string of the molecule is CN1CCc2[nH]nc(C(=O)O)c2CC1. The molecule has 0 atom stereocenters. The van der Waals surface area contributed by atoms with E-state index in [1.54, 1.807) is 0 Å². The van der Waals surface area contributed by atoms with Crippen LogP contribution in [0.4, 0.5) is 0 Å². The van der Waals surface area contributed by atoms with Crippen molar-refractivity contribution in [2.45, 2.75) is 12.8 Å². The number of nitrogens with zero attached hydrogens (tertiary/aromatic N) is 2. The molecule has 2 N–H and O–H groups in total.